The average Bonchev–Trinajstić information content (AvgIpc) is 2.38. The smallest absolute Gasteiger partial charge is 0.213 e. The molecular weight excluding hydrogens is 219 g/mol. The molecule has 1 heterocycles. The van der Waals surface area contributed by atoms with Crippen molar-refractivity contribution >= 4 is 0 Å². The summed E-state index contributed by atoms with van der Waals surface area (Å²) in [6, 6.07) is 10.0. The lowest BCUT2D eigenvalue weighted by molar-refractivity contribution is 0.416. The molecule has 3 nitrogen and oxygen atoms in total. The molecule has 0 spiro atoms. The van der Waals surface area contributed by atoms with Crippen LogP contribution in [0.3, 0.4) is 0 Å². The lowest BCUT2D eigenvalue weighted by Gasteiger charge is -2.08. The van der Waals surface area contributed by atoms with Gasteiger partial charge in [-0.2, -0.15) is 9.65 Å². The van der Waals surface area contributed by atoms with Gasteiger partial charge in [0, 0.05) is 17.8 Å². The van der Waals surface area contributed by atoms with Gasteiger partial charge in [-0.1, -0.05) is 0 Å². The number of pyridine rings is 1. The SMILES string of the molecule is COc1ccc(C#N)cc1-c1ccnc(F)c1. The highest BCUT2D eigenvalue weighted by Crippen LogP contribution is 2.30. The maximum atomic E-state index is 13.1. The molecule has 0 saturated carbocycles. The largest absolute Gasteiger partial charge is 0.496 e. The molecule has 17 heavy (non-hydrogen) atoms. The quantitative estimate of drug-likeness (QED) is 0.742. The fourth-order valence-electron chi connectivity index (χ4n) is 1.57. The topological polar surface area (TPSA) is 45.9 Å². The monoisotopic (exact) mass is 228 g/mol. The maximum absolute atomic E-state index is 13.1. The Morgan fingerprint density at radius 3 is 2.76 bits per heavy atom. The van der Waals surface area contributed by atoms with E-state index in [9.17, 15) is 4.39 Å². The van der Waals surface area contributed by atoms with Crippen LogP contribution in [0.1, 0.15) is 5.56 Å². The maximum Gasteiger partial charge on any atom is 0.213 e. The van der Waals surface area contributed by atoms with Crippen molar-refractivity contribution in [2.75, 3.05) is 7.11 Å². The van der Waals surface area contributed by atoms with Gasteiger partial charge in [-0.3, -0.25) is 0 Å². The molecule has 0 aliphatic heterocycles. The standard InChI is InChI=1S/C13H9FN2O/c1-17-12-3-2-9(8-15)6-11(12)10-4-5-16-13(14)7-10/h2-7H,1H3. The molecule has 1 aromatic heterocycles. The number of benzene rings is 1. The molecule has 0 bridgehead atoms. The summed E-state index contributed by atoms with van der Waals surface area (Å²) in [5.74, 6) is 0.0292. The number of halogens is 1. The molecule has 4 heteroatoms. The summed E-state index contributed by atoms with van der Waals surface area (Å²) in [7, 11) is 1.53. The normalized spacial score (nSPS) is 9.71. The van der Waals surface area contributed by atoms with Crippen LogP contribution in [0.25, 0.3) is 11.1 Å². The van der Waals surface area contributed by atoms with Crippen LogP contribution in [-0.4, -0.2) is 12.1 Å². The molecule has 2 aromatic rings. The lowest BCUT2D eigenvalue weighted by Crippen LogP contribution is -1.90. The first-order chi connectivity index (χ1) is 8.24. The third-order valence-electron chi connectivity index (χ3n) is 2.37. The van der Waals surface area contributed by atoms with Crippen molar-refractivity contribution in [3.8, 4) is 22.9 Å². The Morgan fingerprint density at radius 1 is 1.29 bits per heavy atom. The van der Waals surface area contributed by atoms with Gasteiger partial charge in [-0.15, -0.1) is 0 Å². The second-order valence-electron chi connectivity index (χ2n) is 3.39. The van der Waals surface area contributed by atoms with E-state index in [2.05, 4.69) is 4.98 Å². The second-order valence-corrected chi connectivity index (χ2v) is 3.39. The molecule has 84 valence electrons. The van der Waals surface area contributed by atoms with Gasteiger partial charge < -0.3 is 4.74 Å². The van der Waals surface area contributed by atoms with Gasteiger partial charge in [0.05, 0.1) is 18.7 Å². The number of aromatic nitrogens is 1. The fraction of sp³-hybridized carbons (Fsp3) is 0.0769. The molecule has 0 fully saturated rings. The summed E-state index contributed by atoms with van der Waals surface area (Å²) in [6.07, 6.45) is 1.38. The molecule has 0 N–H and O–H groups in total. The van der Waals surface area contributed by atoms with Gasteiger partial charge in [0.1, 0.15) is 5.75 Å². The highest BCUT2D eigenvalue weighted by Gasteiger charge is 2.08. The molecule has 0 unspecified atom stereocenters. The Balaban J connectivity index is 2.61. The first-order valence-corrected chi connectivity index (χ1v) is 4.94. The van der Waals surface area contributed by atoms with Gasteiger partial charge in [-0.25, -0.2) is 4.98 Å². The van der Waals surface area contributed by atoms with Crippen molar-refractivity contribution in [2.45, 2.75) is 0 Å². The minimum atomic E-state index is -0.563. The van der Waals surface area contributed by atoms with Crippen LogP contribution in [0.2, 0.25) is 0 Å². The van der Waals surface area contributed by atoms with E-state index in [0.717, 1.165) is 0 Å². The highest BCUT2D eigenvalue weighted by molar-refractivity contribution is 5.71. The molecule has 1 aromatic carbocycles. The van der Waals surface area contributed by atoms with E-state index in [4.69, 9.17) is 10.00 Å². The van der Waals surface area contributed by atoms with Gasteiger partial charge in [0.25, 0.3) is 0 Å². The van der Waals surface area contributed by atoms with E-state index in [1.807, 2.05) is 6.07 Å². The summed E-state index contributed by atoms with van der Waals surface area (Å²) < 4.78 is 18.2. The Bertz CT molecular complexity index is 590. The van der Waals surface area contributed by atoms with Crippen LogP contribution in [0.4, 0.5) is 4.39 Å². The lowest BCUT2D eigenvalue weighted by atomic mass is 10.0. The molecule has 0 aliphatic rings. The first-order valence-electron chi connectivity index (χ1n) is 4.94. The van der Waals surface area contributed by atoms with Gasteiger partial charge in [-0.05, 0) is 29.8 Å². The van der Waals surface area contributed by atoms with E-state index in [1.165, 1.54) is 19.4 Å². The van der Waals surface area contributed by atoms with Crippen molar-refractivity contribution in [2.24, 2.45) is 0 Å². The summed E-state index contributed by atoms with van der Waals surface area (Å²) in [6.45, 7) is 0. The van der Waals surface area contributed by atoms with Gasteiger partial charge >= 0.3 is 0 Å². The van der Waals surface area contributed by atoms with Crippen molar-refractivity contribution < 1.29 is 9.13 Å². The molecular formula is C13H9FN2O. The number of nitriles is 1. The minimum absolute atomic E-state index is 0.498. The van der Waals surface area contributed by atoms with E-state index in [0.29, 0.717) is 22.4 Å². The number of hydrogen-bond acceptors (Lipinski definition) is 3. The number of hydrogen-bond donors (Lipinski definition) is 0. The summed E-state index contributed by atoms with van der Waals surface area (Å²) in [4.78, 5) is 3.49. The van der Waals surface area contributed by atoms with Crippen LogP contribution >= 0.6 is 0 Å². The fourth-order valence-corrected chi connectivity index (χ4v) is 1.57. The predicted molar refractivity (Wildman–Crippen MR) is 60.9 cm³/mol. The summed E-state index contributed by atoms with van der Waals surface area (Å²) >= 11 is 0. The zero-order valence-electron chi connectivity index (χ0n) is 9.14. The Kier molecular flexibility index (Phi) is 3.01. The first kappa shape index (κ1) is 11.1. The molecule has 0 saturated heterocycles. The Morgan fingerprint density at radius 2 is 2.12 bits per heavy atom. The zero-order chi connectivity index (χ0) is 12.3. The van der Waals surface area contributed by atoms with Crippen molar-refractivity contribution in [3.05, 3.63) is 48.0 Å². The van der Waals surface area contributed by atoms with E-state index >= 15 is 0 Å². The highest BCUT2D eigenvalue weighted by atomic mass is 19.1. The molecule has 0 radical (unpaired) electrons. The van der Waals surface area contributed by atoms with Gasteiger partial charge in [0.2, 0.25) is 5.95 Å². The van der Waals surface area contributed by atoms with Crippen LogP contribution in [0.15, 0.2) is 36.5 Å². The van der Waals surface area contributed by atoms with E-state index in [-0.39, 0.29) is 0 Å². The molecule has 2 rings (SSSR count). The van der Waals surface area contributed by atoms with Crippen molar-refractivity contribution in [1.82, 2.24) is 4.98 Å². The number of rotatable bonds is 2. The third kappa shape index (κ3) is 2.23. The molecule has 0 atom stereocenters. The number of methoxy groups -OCH3 is 1. The van der Waals surface area contributed by atoms with Crippen molar-refractivity contribution in [3.63, 3.8) is 0 Å². The molecule has 0 amide bonds. The van der Waals surface area contributed by atoms with Crippen molar-refractivity contribution in [1.29, 1.82) is 5.26 Å². The summed E-state index contributed by atoms with van der Waals surface area (Å²) in [5, 5.41) is 8.85. The zero-order valence-corrected chi connectivity index (χ0v) is 9.14. The second kappa shape index (κ2) is 4.62. The molecule has 0 aliphatic carbocycles. The minimum Gasteiger partial charge on any atom is -0.496 e. The van der Waals surface area contributed by atoms with Gasteiger partial charge in [0.15, 0.2) is 0 Å². The van der Waals surface area contributed by atoms with Crippen LogP contribution in [-0.2, 0) is 0 Å². The average molecular weight is 228 g/mol. The summed E-state index contributed by atoms with van der Waals surface area (Å²) in [5.41, 5.74) is 1.80. The Labute approximate surface area is 98.1 Å². The predicted octanol–water partition coefficient (Wildman–Crippen LogP) is 2.77. The van der Waals surface area contributed by atoms with E-state index in [1.54, 1.807) is 24.3 Å². The number of nitrogens with zero attached hydrogens (tertiary/aromatic N) is 2. The number of ether oxygens (including phenoxy) is 1. The van der Waals surface area contributed by atoms with Crippen LogP contribution in [0, 0.1) is 17.3 Å². The Hall–Kier alpha value is -2.41. The van der Waals surface area contributed by atoms with E-state index < -0.39 is 5.95 Å². The van der Waals surface area contributed by atoms with Crippen LogP contribution in [0.5, 0.6) is 5.75 Å². The van der Waals surface area contributed by atoms with Crippen LogP contribution < -0.4 is 4.74 Å². The third-order valence-corrected chi connectivity index (χ3v) is 2.37.